The molecule has 0 spiro atoms. The molecule has 0 saturated heterocycles. The molecule has 0 aliphatic carbocycles. The van der Waals surface area contributed by atoms with E-state index in [0.717, 1.165) is 5.01 Å². The molecule has 0 aliphatic heterocycles. The normalized spacial score (nSPS) is 12.9. The molecule has 0 radical (unpaired) electrons. The molecule has 6 heteroatoms. The Morgan fingerprint density at radius 3 is 2.50 bits per heavy atom. The minimum Gasteiger partial charge on any atom is -0.444 e. The van der Waals surface area contributed by atoms with Crippen LogP contribution in [-0.4, -0.2) is 28.5 Å². The number of rotatable bonds is 3. The van der Waals surface area contributed by atoms with Gasteiger partial charge in [-0.1, -0.05) is 0 Å². The molecule has 1 unspecified atom stereocenters. The number of alkyl carbamates (subject to hydrolysis) is 1. The van der Waals surface area contributed by atoms with Gasteiger partial charge in [0.25, 0.3) is 0 Å². The standard InChI is InChI=1S/C12H18N2O3S/c1-7(13-11(16)17-12(3,4)5)10(15)9-6-18-8(2)14-9/h6-7H,1-5H3,(H,13,16). The van der Waals surface area contributed by atoms with Crippen LogP contribution in [0.2, 0.25) is 0 Å². The van der Waals surface area contributed by atoms with Gasteiger partial charge in [-0.3, -0.25) is 4.79 Å². The fourth-order valence-electron chi connectivity index (χ4n) is 1.25. The molecule has 100 valence electrons. The Kier molecular flexibility index (Phi) is 4.45. The SMILES string of the molecule is Cc1nc(C(=O)C(C)NC(=O)OC(C)(C)C)cs1. The first kappa shape index (κ1) is 14.6. The van der Waals surface area contributed by atoms with E-state index in [9.17, 15) is 9.59 Å². The van der Waals surface area contributed by atoms with Gasteiger partial charge in [0, 0.05) is 5.38 Å². The van der Waals surface area contributed by atoms with Gasteiger partial charge in [0.15, 0.2) is 0 Å². The van der Waals surface area contributed by atoms with E-state index in [2.05, 4.69) is 10.3 Å². The zero-order chi connectivity index (χ0) is 13.9. The third-order valence-electron chi connectivity index (χ3n) is 2.00. The number of aromatic nitrogens is 1. The van der Waals surface area contributed by atoms with Gasteiger partial charge in [-0.05, 0) is 34.6 Å². The summed E-state index contributed by atoms with van der Waals surface area (Å²) in [5.41, 5.74) is -0.203. The van der Waals surface area contributed by atoms with Gasteiger partial charge in [-0.25, -0.2) is 9.78 Å². The average Bonchev–Trinajstić information content (AvgIpc) is 2.60. The molecular formula is C12H18N2O3S. The van der Waals surface area contributed by atoms with Gasteiger partial charge < -0.3 is 10.1 Å². The molecule has 18 heavy (non-hydrogen) atoms. The van der Waals surface area contributed by atoms with Crippen molar-refractivity contribution < 1.29 is 14.3 Å². The molecule has 1 atom stereocenters. The number of thiazole rings is 1. The molecule has 1 aromatic heterocycles. The number of carbonyl (C=O) groups is 2. The van der Waals surface area contributed by atoms with E-state index in [0.29, 0.717) is 5.69 Å². The monoisotopic (exact) mass is 270 g/mol. The van der Waals surface area contributed by atoms with Crippen LogP contribution < -0.4 is 5.32 Å². The molecule has 1 aromatic rings. The van der Waals surface area contributed by atoms with Crippen LogP contribution in [0.3, 0.4) is 0 Å². The van der Waals surface area contributed by atoms with Gasteiger partial charge in [0.1, 0.15) is 11.3 Å². The molecule has 1 rings (SSSR count). The number of amides is 1. The van der Waals surface area contributed by atoms with Crippen LogP contribution in [-0.2, 0) is 4.74 Å². The van der Waals surface area contributed by atoms with Crippen molar-refractivity contribution in [1.82, 2.24) is 10.3 Å². The molecular weight excluding hydrogens is 252 g/mol. The zero-order valence-corrected chi connectivity index (χ0v) is 12.1. The van der Waals surface area contributed by atoms with E-state index in [1.165, 1.54) is 11.3 Å². The molecule has 0 aliphatic rings. The number of ketones is 1. The highest BCUT2D eigenvalue weighted by atomic mass is 32.1. The van der Waals surface area contributed by atoms with Crippen molar-refractivity contribution in [3.05, 3.63) is 16.1 Å². The predicted molar refractivity (Wildman–Crippen MR) is 70.0 cm³/mol. The van der Waals surface area contributed by atoms with E-state index in [-0.39, 0.29) is 5.78 Å². The van der Waals surface area contributed by atoms with Crippen molar-refractivity contribution in [2.45, 2.75) is 46.3 Å². The molecule has 0 fully saturated rings. The van der Waals surface area contributed by atoms with Gasteiger partial charge in [-0.2, -0.15) is 0 Å². The number of hydrogen-bond donors (Lipinski definition) is 1. The van der Waals surface area contributed by atoms with Gasteiger partial charge in [0.2, 0.25) is 5.78 Å². The van der Waals surface area contributed by atoms with Crippen LogP contribution in [0.4, 0.5) is 4.79 Å². The van der Waals surface area contributed by atoms with E-state index >= 15 is 0 Å². The highest BCUT2D eigenvalue weighted by Crippen LogP contribution is 2.11. The van der Waals surface area contributed by atoms with Crippen molar-refractivity contribution >= 4 is 23.2 Å². The minimum absolute atomic E-state index is 0.217. The Morgan fingerprint density at radius 2 is 2.06 bits per heavy atom. The predicted octanol–water partition coefficient (Wildman–Crippen LogP) is 2.55. The lowest BCUT2D eigenvalue weighted by atomic mass is 10.2. The molecule has 1 amide bonds. The first-order valence-electron chi connectivity index (χ1n) is 5.65. The topological polar surface area (TPSA) is 68.3 Å². The van der Waals surface area contributed by atoms with Crippen molar-refractivity contribution in [2.24, 2.45) is 0 Å². The summed E-state index contributed by atoms with van der Waals surface area (Å²) in [5, 5.41) is 5.01. The number of hydrogen-bond acceptors (Lipinski definition) is 5. The number of nitrogens with zero attached hydrogens (tertiary/aromatic N) is 1. The summed E-state index contributed by atoms with van der Waals surface area (Å²) >= 11 is 1.40. The molecule has 5 nitrogen and oxygen atoms in total. The maximum atomic E-state index is 11.9. The molecule has 0 aromatic carbocycles. The summed E-state index contributed by atoms with van der Waals surface area (Å²) < 4.78 is 5.08. The van der Waals surface area contributed by atoms with Crippen LogP contribution in [0, 0.1) is 6.92 Å². The third kappa shape index (κ3) is 4.44. The van der Waals surface area contributed by atoms with E-state index in [1.54, 1.807) is 33.1 Å². The lowest BCUT2D eigenvalue weighted by Crippen LogP contribution is -2.41. The third-order valence-corrected chi connectivity index (χ3v) is 2.77. The van der Waals surface area contributed by atoms with Crippen LogP contribution in [0.25, 0.3) is 0 Å². The number of carbonyl (C=O) groups excluding carboxylic acids is 2. The maximum Gasteiger partial charge on any atom is 0.408 e. The highest BCUT2D eigenvalue weighted by Gasteiger charge is 2.22. The lowest BCUT2D eigenvalue weighted by molar-refractivity contribution is 0.0496. The maximum absolute atomic E-state index is 11.9. The Balaban J connectivity index is 2.58. The van der Waals surface area contributed by atoms with Crippen LogP contribution in [0.1, 0.15) is 43.2 Å². The largest absolute Gasteiger partial charge is 0.444 e. The van der Waals surface area contributed by atoms with Crippen LogP contribution in [0.15, 0.2) is 5.38 Å². The highest BCUT2D eigenvalue weighted by molar-refractivity contribution is 7.09. The van der Waals surface area contributed by atoms with Gasteiger partial charge >= 0.3 is 6.09 Å². The summed E-state index contributed by atoms with van der Waals surface area (Å²) in [6, 6.07) is -0.652. The smallest absolute Gasteiger partial charge is 0.408 e. The van der Waals surface area contributed by atoms with E-state index in [1.807, 2.05) is 6.92 Å². The Labute approximate surface area is 111 Å². The summed E-state index contributed by atoms with van der Waals surface area (Å²) in [5.74, 6) is -0.217. The summed E-state index contributed by atoms with van der Waals surface area (Å²) in [6.07, 6.45) is -0.602. The second-order valence-corrected chi connectivity index (χ2v) is 6.05. The Bertz CT molecular complexity index is 448. The molecule has 0 bridgehead atoms. The number of nitrogens with one attached hydrogen (secondary N) is 1. The lowest BCUT2D eigenvalue weighted by Gasteiger charge is -2.21. The zero-order valence-electron chi connectivity index (χ0n) is 11.2. The summed E-state index contributed by atoms with van der Waals surface area (Å²) in [7, 11) is 0. The molecule has 0 saturated carbocycles. The second kappa shape index (κ2) is 5.48. The first-order valence-corrected chi connectivity index (χ1v) is 6.53. The van der Waals surface area contributed by atoms with Gasteiger partial charge in [0.05, 0.1) is 11.0 Å². The van der Waals surface area contributed by atoms with Crippen LogP contribution >= 0.6 is 11.3 Å². The summed E-state index contributed by atoms with van der Waals surface area (Å²) in [6.45, 7) is 8.74. The fraction of sp³-hybridized carbons (Fsp3) is 0.583. The van der Waals surface area contributed by atoms with Crippen molar-refractivity contribution in [3.63, 3.8) is 0 Å². The van der Waals surface area contributed by atoms with E-state index in [4.69, 9.17) is 4.74 Å². The van der Waals surface area contributed by atoms with E-state index < -0.39 is 17.7 Å². The van der Waals surface area contributed by atoms with Gasteiger partial charge in [-0.15, -0.1) is 11.3 Å². The number of Topliss-reactive ketones (excluding diaryl/α,β-unsaturated/α-hetero) is 1. The Morgan fingerprint density at radius 1 is 1.44 bits per heavy atom. The molecule has 1 N–H and O–H groups in total. The summed E-state index contributed by atoms with van der Waals surface area (Å²) in [4.78, 5) is 27.5. The van der Waals surface area contributed by atoms with Crippen molar-refractivity contribution in [2.75, 3.05) is 0 Å². The average molecular weight is 270 g/mol. The first-order chi connectivity index (χ1) is 8.19. The van der Waals surface area contributed by atoms with Crippen LogP contribution in [0.5, 0.6) is 0 Å². The minimum atomic E-state index is -0.652. The Hall–Kier alpha value is -1.43. The second-order valence-electron chi connectivity index (χ2n) is 4.98. The fourth-order valence-corrected chi connectivity index (χ4v) is 1.85. The van der Waals surface area contributed by atoms with Crippen molar-refractivity contribution in [3.8, 4) is 0 Å². The number of aryl methyl sites for hydroxylation is 1. The van der Waals surface area contributed by atoms with Crippen molar-refractivity contribution in [1.29, 1.82) is 0 Å². The number of ether oxygens (including phenoxy) is 1. The molecule has 1 heterocycles. The quantitative estimate of drug-likeness (QED) is 0.857.